The molecular formula is C12H14N2O. The number of hydrogen-bond donors (Lipinski definition) is 1. The molecule has 0 radical (unpaired) electrons. The molecule has 0 bridgehead atoms. The molecule has 0 aliphatic carbocycles. The maximum atomic E-state index is 4.79. The molecule has 1 aromatic heterocycles. The smallest absolute Gasteiger partial charge is 0.0704 e. The Labute approximate surface area is 89.0 Å². The lowest BCUT2D eigenvalue weighted by atomic mass is 10.1. The van der Waals surface area contributed by atoms with Gasteiger partial charge in [-0.3, -0.25) is 4.98 Å². The second-order valence-electron chi connectivity index (χ2n) is 3.38. The Bertz CT molecular complexity index is 442. The third-order valence-electron chi connectivity index (χ3n) is 2.33. The summed E-state index contributed by atoms with van der Waals surface area (Å²) in [5, 5.41) is 1.18. The van der Waals surface area contributed by atoms with Gasteiger partial charge in [0.2, 0.25) is 0 Å². The van der Waals surface area contributed by atoms with Crippen LogP contribution in [-0.2, 0) is 11.3 Å². The highest BCUT2D eigenvalue weighted by atomic mass is 16.6. The van der Waals surface area contributed by atoms with E-state index in [2.05, 4.69) is 34.7 Å². The largest absolute Gasteiger partial charge is 0.305 e. The Hall–Kier alpha value is -1.45. The number of fused-ring (bicyclic) bond motifs is 1. The van der Waals surface area contributed by atoms with Gasteiger partial charge < -0.3 is 4.84 Å². The predicted molar refractivity (Wildman–Crippen MR) is 60.5 cm³/mol. The summed E-state index contributed by atoms with van der Waals surface area (Å²) in [5.41, 5.74) is 5.14. The van der Waals surface area contributed by atoms with Crippen molar-refractivity contribution in [3.63, 3.8) is 0 Å². The number of nitrogens with one attached hydrogen (secondary N) is 1. The zero-order valence-corrected chi connectivity index (χ0v) is 8.73. The molecule has 0 atom stereocenters. The Balaban J connectivity index is 2.16. The molecule has 2 rings (SSSR count). The van der Waals surface area contributed by atoms with E-state index in [9.17, 15) is 0 Å². The summed E-state index contributed by atoms with van der Waals surface area (Å²) >= 11 is 0. The fourth-order valence-corrected chi connectivity index (χ4v) is 1.56. The SMILES string of the molecule is CONCCc1ccc2cccnc2c1. The molecular weight excluding hydrogens is 188 g/mol. The first kappa shape index (κ1) is 10.1. The van der Waals surface area contributed by atoms with Crippen molar-refractivity contribution >= 4 is 10.9 Å². The fourth-order valence-electron chi connectivity index (χ4n) is 1.56. The molecule has 0 fully saturated rings. The van der Waals surface area contributed by atoms with Gasteiger partial charge in [0.15, 0.2) is 0 Å². The van der Waals surface area contributed by atoms with Crippen LogP contribution in [0.3, 0.4) is 0 Å². The van der Waals surface area contributed by atoms with Gasteiger partial charge in [0.05, 0.1) is 12.6 Å². The summed E-state index contributed by atoms with van der Waals surface area (Å²) in [7, 11) is 1.63. The van der Waals surface area contributed by atoms with Crippen molar-refractivity contribution in [1.29, 1.82) is 0 Å². The molecule has 3 heteroatoms. The van der Waals surface area contributed by atoms with Gasteiger partial charge in [-0.05, 0) is 24.1 Å². The lowest BCUT2D eigenvalue weighted by molar-refractivity contribution is 0.0928. The van der Waals surface area contributed by atoms with Crippen molar-refractivity contribution in [2.24, 2.45) is 0 Å². The summed E-state index contributed by atoms with van der Waals surface area (Å²) < 4.78 is 0. The van der Waals surface area contributed by atoms with Crippen LogP contribution in [0.1, 0.15) is 5.56 Å². The first-order chi connectivity index (χ1) is 7.40. The Morgan fingerprint density at radius 1 is 1.33 bits per heavy atom. The van der Waals surface area contributed by atoms with Gasteiger partial charge in [0, 0.05) is 18.1 Å². The van der Waals surface area contributed by atoms with E-state index in [0.29, 0.717) is 0 Å². The highest BCUT2D eigenvalue weighted by Gasteiger charge is 1.96. The molecule has 0 saturated carbocycles. The first-order valence-corrected chi connectivity index (χ1v) is 4.99. The molecule has 0 aliphatic heterocycles. The van der Waals surface area contributed by atoms with Gasteiger partial charge in [0.1, 0.15) is 0 Å². The minimum atomic E-state index is 0.814. The number of hydrogen-bond acceptors (Lipinski definition) is 3. The first-order valence-electron chi connectivity index (χ1n) is 4.99. The quantitative estimate of drug-likeness (QED) is 0.607. The van der Waals surface area contributed by atoms with Crippen molar-refractivity contribution in [3.05, 3.63) is 42.1 Å². The fraction of sp³-hybridized carbons (Fsp3) is 0.250. The zero-order valence-electron chi connectivity index (χ0n) is 8.73. The maximum Gasteiger partial charge on any atom is 0.0704 e. The summed E-state index contributed by atoms with van der Waals surface area (Å²) in [6, 6.07) is 10.4. The maximum absolute atomic E-state index is 4.79. The van der Waals surface area contributed by atoms with Crippen LogP contribution in [0.15, 0.2) is 36.5 Å². The second-order valence-corrected chi connectivity index (χ2v) is 3.38. The van der Waals surface area contributed by atoms with Crippen LogP contribution in [0, 0.1) is 0 Å². The van der Waals surface area contributed by atoms with E-state index in [1.165, 1.54) is 10.9 Å². The monoisotopic (exact) mass is 202 g/mol. The lowest BCUT2D eigenvalue weighted by Gasteiger charge is -2.03. The van der Waals surface area contributed by atoms with Crippen LogP contribution in [-0.4, -0.2) is 18.6 Å². The van der Waals surface area contributed by atoms with E-state index in [-0.39, 0.29) is 0 Å². The molecule has 0 amide bonds. The number of rotatable bonds is 4. The normalized spacial score (nSPS) is 10.7. The minimum Gasteiger partial charge on any atom is -0.305 e. The number of pyridine rings is 1. The average Bonchev–Trinajstić information content (AvgIpc) is 2.29. The Morgan fingerprint density at radius 2 is 2.27 bits per heavy atom. The molecule has 1 heterocycles. The molecule has 0 aliphatic rings. The lowest BCUT2D eigenvalue weighted by Crippen LogP contribution is -2.15. The average molecular weight is 202 g/mol. The number of benzene rings is 1. The summed E-state index contributed by atoms with van der Waals surface area (Å²) in [6.45, 7) is 0.814. The van der Waals surface area contributed by atoms with Crippen LogP contribution < -0.4 is 5.48 Å². The van der Waals surface area contributed by atoms with Gasteiger partial charge in [-0.1, -0.05) is 18.2 Å². The van der Waals surface area contributed by atoms with Crippen molar-refractivity contribution in [1.82, 2.24) is 10.5 Å². The number of aromatic nitrogens is 1. The number of nitrogens with zero attached hydrogens (tertiary/aromatic N) is 1. The summed E-state index contributed by atoms with van der Waals surface area (Å²) in [6.07, 6.45) is 2.76. The molecule has 2 aromatic rings. The Morgan fingerprint density at radius 3 is 3.13 bits per heavy atom. The van der Waals surface area contributed by atoms with Crippen molar-refractivity contribution < 1.29 is 4.84 Å². The van der Waals surface area contributed by atoms with Gasteiger partial charge in [-0.25, -0.2) is 5.48 Å². The molecule has 0 spiro atoms. The number of hydroxylamine groups is 1. The van der Waals surface area contributed by atoms with Gasteiger partial charge in [-0.15, -0.1) is 0 Å². The third-order valence-corrected chi connectivity index (χ3v) is 2.33. The van der Waals surface area contributed by atoms with E-state index in [1.807, 2.05) is 12.3 Å². The molecule has 15 heavy (non-hydrogen) atoms. The van der Waals surface area contributed by atoms with E-state index >= 15 is 0 Å². The minimum absolute atomic E-state index is 0.814. The molecule has 78 valence electrons. The summed E-state index contributed by atoms with van der Waals surface area (Å²) in [4.78, 5) is 9.10. The van der Waals surface area contributed by atoms with Crippen LogP contribution >= 0.6 is 0 Å². The third kappa shape index (κ3) is 2.52. The van der Waals surface area contributed by atoms with E-state index in [1.54, 1.807) is 7.11 Å². The standard InChI is InChI=1S/C12H14N2O/c1-15-14-8-6-10-4-5-11-3-2-7-13-12(11)9-10/h2-5,7,9,14H,6,8H2,1H3. The van der Waals surface area contributed by atoms with Crippen LogP contribution in [0.25, 0.3) is 10.9 Å². The van der Waals surface area contributed by atoms with Crippen LogP contribution in [0.2, 0.25) is 0 Å². The van der Waals surface area contributed by atoms with Crippen LogP contribution in [0.4, 0.5) is 0 Å². The van der Waals surface area contributed by atoms with Crippen molar-refractivity contribution in [2.75, 3.05) is 13.7 Å². The molecule has 1 N–H and O–H groups in total. The van der Waals surface area contributed by atoms with Crippen molar-refractivity contribution in [2.45, 2.75) is 6.42 Å². The second kappa shape index (κ2) is 4.87. The Kier molecular flexibility index (Phi) is 3.27. The van der Waals surface area contributed by atoms with E-state index in [0.717, 1.165) is 18.5 Å². The molecule has 0 saturated heterocycles. The van der Waals surface area contributed by atoms with E-state index < -0.39 is 0 Å². The molecule has 0 unspecified atom stereocenters. The molecule has 1 aromatic carbocycles. The topological polar surface area (TPSA) is 34.1 Å². The van der Waals surface area contributed by atoms with Gasteiger partial charge in [0.25, 0.3) is 0 Å². The predicted octanol–water partition coefficient (Wildman–Crippen LogP) is 1.93. The zero-order chi connectivity index (χ0) is 10.5. The summed E-state index contributed by atoms with van der Waals surface area (Å²) in [5.74, 6) is 0. The highest BCUT2D eigenvalue weighted by molar-refractivity contribution is 5.78. The van der Waals surface area contributed by atoms with Crippen molar-refractivity contribution in [3.8, 4) is 0 Å². The molecule has 3 nitrogen and oxygen atoms in total. The van der Waals surface area contributed by atoms with Gasteiger partial charge >= 0.3 is 0 Å². The van der Waals surface area contributed by atoms with E-state index in [4.69, 9.17) is 4.84 Å². The van der Waals surface area contributed by atoms with Crippen LogP contribution in [0.5, 0.6) is 0 Å². The van der Waals surface area contributed by atoms with Gasteiger partial charge in [-0.2, -0.15) is 0 Å². The highest BCUT2D eigenvalue weighted by Crippen LogP contribution is 2.13.